The van der Waals surface area contributed by atoms with Gasteiger partial charge in [-0.3, -0.25) is 0 Å². The first-order valence-corrected chi connectivity index (χ1v) is 24.4. The molecule has 0 heterocycles. The smallest absolute Gasteiger partial charge is 0.000437 e. The van der Waals surface area contributed by atoms with Crippen LogP contribution in [0.3, 0.4) is 0 Å². The van der Waals surface area contributed by atoms with Crippen molar-refractivity contribution < 1.29 is 0 Å². The summed E-state index contributed by atoms with van der Waals surface area (Å²) in [4.78, 5) is 0. The van der Waals surface area contributed by atoms with Gasteiger partial charge in [0.1, 0.15) is 0 Å². The summed E-state index contributed by atoms with van der Waals surface area (Å²) in [6.07, 6.45) is 38.3. The number of rotatable bonds is 7. The minimum Gasteiger partial charge on any atom is -0.0767 e. The predicted molar refractivity (Wildman–Crippen MR) is 291 cm³/mol. The molecule has 0 fully saturated rings. The minimum atomic E-state index is 0.273. The number of hydrogen-bond donors (Lipinski definition) is 0. The Morgan fingerprint density at radius 3 is 1.70 bits per heavy atom. The maximum atomic E-state index is 2.52. The maximum absolute atomic E-state index is 2.52. The van der Waals surface area contributed by atoms with Crippen LogP contribution < -0.4 is 0 Å². The van der Waals surface area contributed by atoms with Gasteiger partial charge < -0.3 is 0 Å². The Morgan fingerprint density at radius 2 is 0.985 bits per heavy atom. The van der Waals surface area contributed by atoms with Gasteiger partial charge in [-0.05, 0) is 163 Å². The van der Waals surface area contributed by atoms with Gasteiger partial charge in [0.25, 0.3) is 0 Å². The third-order valence-corrected chi connectivity index (χ3v) is 14.3. The van der Waals surface area contributed by atoms with E-state index in [1.54, 1.807) is 0 Å². The van der Waals surface area contributed by atoms with E-state index in [0.29, 0.717) is 5.92 Å². The Bertz CT molecular complexity index is 3250. The highest BCUT2D eigenvalue weighted by molar-refractivity contribution is 6.18. The molecule has 6 aromatic carbocycles. The van der Waals surface area contributed by atoms with Crippen LogP contribution in [0.5, 0.6) is 0 Å². The monoisotopic (exact) mass is 864 g/mol. The third-order valence-electron chi connectivity index (χ3n) is 14.3. The normalized spacial score (nSPS) is 24.8. The summed E-state index contributed by atoms with van der Waals surface area (Å²) in [5, 5.41) is 5.12. The molecule has 0 N–H and O–H groups in total. The van der Waals surface area contributed by atoms with Gasteiger partial charge in [-0.2, -0.15) is 0 Å². The summed E-state index contributed by atoms with van der Waals surface area (Å²) in [6.45, 7) is 9.35. The van der Waals surface area contributed by atoms with Gasteiger partial charge in [-0.15, -0.1) is 0 Å². The minimum absolute atomic E-state index is 0.273. The second-order valence-electron chi connectivity index (χ2n) is 18.9. The van der Waals surface area contributed by atoms with Gasteiger partial charge in [0, 0.05) is 0 Å². The molecule has 0 heteroatoms. The lowest BCUT2D eigenvalue weighted by Gasteiger charge is -2.21. The van der Waals surface area contributed by atoms with Crippen LogP contribution in [0.2, 0.25) is 0 Å². The van der Waals surface area contributed by atoms with Crippen LogP contribution in [-0.2, 0) is 0 Å². The highest BCUT2D eigenvalue weighted by Gasteiger charge is 2.22. The average molecular weight is 865 g/mol. The van der Waals surface area contributed by atoms with Gasteiger partial charge in [-0.1, -0.05) is 237 Å². The van der Waals surface area contributed by atoms with Crippen LogP contribution >= 0.6 is 0 Å². The summed E-state index contributed by atoms with van der Waals surface area (Å²) in [5.74, 6) is 0.623. The van der Waals surface area contributed by atoms with Crippen molar-refractivity contribution in [3.63, 3.8) is 0 Å². The Kier molecular flexibility index (Phi) is 12.8. The van der Waals surface area contributed by atoms with E-state index in [1.807, 2.05) is 0 Å². The molecule has 0 saturated carbocycles. The molecule has 4 aliphatic rings. The zero-order valence-electron chi connectivity index (χ0n) is 39.5. The van der Waals surface area contributed by atoms with Gasteiger partial charge in [0.05, 0.1) is 0 Å². The maximum Gasteiger partial charge on any atom is -0.000437 e. The van der Waals surface area contributed by atoms with E-state index < -0.39 is 0 Å². The van der Waals surface area contributed by atoms with Gasteiger partial charge in [0.2, 0.25) is 0 Å². The van der Waals surface area contributed by atoms with Crippen molar-refractivity contribution in [2.24, 2.45) is 11.8 Å². The largest absolute Gasteiger partial charge is 0.0767 e. The fourth-order valence-electron chi connectivity index (χ4n) is 10.6. The molecular weight excluding hydrogens is 805 g/mol. The molecule has 6 aromatic rings. The molecule has 0 radical (unpaired) electrons. The molecule has 0 spiro atoms. The van der Waals surface area contributed by atoms with E-state index in [4.69, 9.17) is 0 Å². The van der Waals surface area contributed by atoms with E-state index >= 15 is 0 Å². The lowest BCUT2D eigenvalue weighted by molar-refractivity contribution is 0.743. The number of benzene rings is 6. The topological polar surface area (TPSA) is 0 Å². The molecule has 0 amide bonds. The SMILES string of the molecule is CC1=C(C2=C\CC(C)\C=C(c3c4ccccc4c(C4=CC=C(/C5=C/C=C\C(c6ccccc6)=C(/C)CC5)C(C)C=C4)c4ccc(-c5ccccc5)cc34)/C=C\2)/C=C\C=C(\c2ccccc2)CC1. The summed E-state index contributed by atoms with van der Waals surface area (Å²) < 4.78 is 0. The van der Waals surface area contributed by atoms with Crippen LogP contribution in [0.15, 0.2) is 252 Å². The molecule has 2 atom stereocenters. The van der Waals surface area contributed by atoms with Gasteiger partial charge in [0.15, 0.2) is 0 Å². The molecule has 0 bridgehead atoms. The molecule has 2 unspecified atom stereocenters. The molecule has 0 saturated heterocycles. The van der Waals surface area contributed by atoms with Crippen LogP contribution in [0.4, 0.5) is 0 Å². The van der Waals surface area contributed by atoms with Crippen molar-refractivity contribution in [1.29, 1.82) is 0 Å². The molecule has 67 heavy (non-hydrogen) atoms. The van der Waals surface area contributed by atoms with Gasteiger partial charge in [-0.25, -0.2) is 0 Å². The van der Waals surface area contributed by atoms with E-state index in [2.05, 4.69) is 246 Å². The third kappa shape index (κ3) is 9.27. The summed E-state index contributed by atoms with van der Waals surface area (Å²) in [6, 6.07) is 48.8. The van der Waals surface area contributed by atoms with Crippen molar-refractivity contribution in [2.45, 2.75) is 59.8 Å². The fourth-order valence-corrected chi connectivity index (χ4v) is 10.6. The van der Waals surface area contributed by atoms with Crippen LogP contribution in [0.1, 0.15) is 82.1 Å². The van der Waals surface area contributed by atoms with Gasteiger partial charge >= 0.3 is 0 Å². The highest BCUT2D eigenvalue weighted by Crippen LogP contribution is 2.44. The van der Waals surface area contributed by atoms with E-state index in [1.165, 1.54) is 111 Å². The van der Waals surface area contributed by atoms with Crippen molar-refractivity contribution in [3.05, 3.63) is 274 Å². The van der Waals surface area contributed by atoms with Crippen LogP contribution in [-0.4, -0.2) is 0 Å². The van der Waals surface area contributed by atoms with Crippen molar-refractivity contribution in [1.82, 2.24) is 0 Å². The van der Waals surface area contributed by atoms with E-state index in [0.717, 1.165) is 32.1 Å². The quantitative estimate of drug-likeness (QED) is 0.140. The molecule has 0 aliphatic heterocycles. The Labute approximate surface area is 398 Å². The summed E-state index contributed by atoms with van der Waals surface area (Å²) in [7, 11) is 0. The highest BCUT2D eigenvalue weighted by atomic mass is 14.3. The van der Waals surface area contributed by atoms with Crippen molar-refractivity contribution >= 4 is 43.8 Å². The fraction of sp³-hybridized carbons (Fsp3) is 0.164. The van der Waals surface area contributed by atoms with E-state index in [9.17, 15) is 0 Å². The summed E-state index contributed by atoms with van der Waals surface area (Å²) >= 11 is 0. The summed E-state index contributed by atoms with van der Waals surface area (Å²) in [5.41, 5.74) is 21.2. The van der Waals surface area contributed by atoms with E-state index in [-0.39, 0.29) is 5.92 Å². The molecule has 4 aliphatic carbocycles. The lowest BCUT2D eigenvalue weighted by atomic mass is 9.82. The first-order valence-electron chi connectivity index (χ1n) is 24.4. The zero-order valence-corrected chi connectivity index (χ0v) is 39.5. The zero-order chi connectivity index (χ0) is 45.7. The molecule has 0 nitrogen and oxygen atoms in total. The molecular formula is C67H60. The first-order chi connectivity index (χ1) is 32.9. The molecule has 0 aromatic heterocycles. The second-order valence-corrected chi connectivity index (χ2v) is 18.9. The number of allylic oxidation sites excluding steroid dienone is 24. The molecule has 10 rings (SSSR count). The lowest BCUT2D eigenvalue weighted by Crippen LogP contribution is -2.01. The first kappa shape index (κ1) is 43.6. The second kappa shape index (κ2) is 19.7. The molecule has 328 valence electrons. The van der Waals surface area contributed by atoms with Crippen molar-refractivity contribution in [3.8, 4) is 11.1 Å². The number of hydrogen-bond acceptors (Lipinski definition) is 0. The Morgan fingerprint density at radius 1 is 0.418 bits per heavy atom. The van der Waals surface area contributed by atoms with Crippen LogP contribution in [0.25, 0.3) is 55.0 Å². The Hall–Kier alpha value is -7.28. The Balaban J connectivity index is 1.08. The average Bonchev–Trinajstić information content (AvgIpc) is 3.54. The van der Waals surface area contributed by atoms with Crippen molar-refractivity contribution in [2.75, 3.05) is 0 Å². The van der Waals surface area contributed by atoms with Crippen LogP contribution in [0, 0.1) is 11.8 Å². The standard InChI is InChI=1S/C67H60/c1-46-30-34-55(60-28-16-24-52(35-31-47(60)2)50-18-8-5-9-19-50)38-39-58(44-46)67-63-27-15-14-26-62(63)66(64-43-41-57(45-65(64)67)51-20-10-6-11-21-51)56-37-33-49(4)61(42-40-56)54-25-17-29-59(48(3)32-36-54)53-22-12-7-13-23-53/h5-29,33-34,37-46,49H,30-32,35-36H2,1-4H3/b28-16-,29-17-,39-38-,52-24+,54-25+,55-34-,58-44+,59-48-,60-47?. The predicted octanol–water partition coefficient (Wildman–Crippen LogP) is 18.6. The number of fused-ring (bicyclic) bond motifs is 2.